The van der Waals surface area contributed by atoms with Crippen LogP contribution in [0.2, 0.25) is 0 Å². The molecule has 0 saturated carbocycles. The molecule has 1 rings (SSSR count). The first-order chi connectivity index (χ1) is 11.3. The van der Waals surface area contributed by atoms with Gasteiger partial charge in [-0.3, -0.25) is 4.79 Å². The van der Waals surface area contributed by atoms with Gasteiger partial charge in [0.2, 0.25) is 0 Å². The number of rotatable bonds is 14. The minimum absolute atomic E-state index is 0.236. The van der Waals surface area contributed by atoms with Gasteiger partial charge in [-0.25, -0.2) is 0 Å². The molecule has 0 aliphatic rings. The summed E-state index contributed by atoms with van der Waals surface area (Å²) in [5.74, 6) is 0.995. The Morgan fingerprint density at radius 2 is 1.43 bits per heavy atom. The van der Waals surface area contributed by atoms with Crippen molar-refractivity contribution in [3.63, 3.8) is 0 Å². The second kappa shape index (κ2) is 13.2. The second-order valence-corrected chi connectivity index (χ2v) is 6.44. The largest absolute Gasteiger partial charge is 0.497 e. The molecule has 0 heterocycles. The molecule has 0 amide bonds. The van der Waals surface area contributed by atoms with E-state index >= 15 is 0 Å². The Morgan fingerprint density at radius 3 is 2.00 bits per heavy atom. The third-order valence-electron chi connectivity index (χ3n) is 4.40. The minimum atomic E-state index is 0.236. The van der Waals surface area contributed by atoms with Crippen LogP contribution >= 0.6 is 0 Å². The lowest BCUT2D eigenvalue weighted by atomic mass is 10.0. The molecule has 0 unspecified atom stereocenters. The van der Waals surface area contributed by atoms with Crippen molar-refractivity contribution in [1.82, 2.24) is 0 Å². The maximum absolute atomic E-state index is 12.1. The van der Waals surface area contributed by atoms with Crippen molar-refractivity contribution in [1.29, 1.82) is 0 Å². The molecule has 0 atom stereocenters. The van der Waals surface area contributed by atoms with Crippen LogP contribution in [0.15, 0.2) is 24.3 Å². The summed E-state index contributed by atoms with van der Waals surface area (Å²) in [6, 6.07) is 7.47. The lowest BCUT2D eigenvalue weighted by Gasteiger charge is -2.04. The molecule has 0 N–H and O–H groups in total. The van der Waals surface area contributed by atoms with Crippen molar-refractivity contribution < 1.29 is 9.53 Å². The zero-order valence-electron chi connectivity index (χ0n) is 15.1. The van der Waals surface area contributed by atoms with Crippen LogP contribution in [0.3, 0.4) is 0 Å². The van der Waals surface area contributed by atoms with Gasteiger partial charge >= 0.3 is 0 Å². The maximum atomic E-state index is 12.1. The number of benzene rings is 1. The second-order valence-electron chi connectivity index (χ2n) is 6.44. The first-order valence-electron chi connectivity index (χ1n) is 9.45. The fourth-order valence-corrected chi connectivity index (χ4v) is 2.89. The molecule has 23 heavy (non-hydrogen) atoms. The van der Waals surface area contributed by atoms with E-state index in [2.05, 4.69) is 6.92 Å². The Bertz CT molecular complexity index is 426. The number of unbranched alkanes of at least 4 members (excludes halogenated alkanes) is 10. The summed E-state index contributed by atoms with van der Waals surface area (Å²) in [5.41, 5.74) is 0.774. The summed E-state index contributed by atoms with van der Waals surface area (Å²) in [6.45, 7) is 2.26. The van der Waals surface area contributed by atoms with E-state index in [1.807, 2.05) is 24.3 Å². The molecule has 1 aromatic carbocycles. The Hall–Kier alpha value is -1.31. The summed E-state index contributed by atoms with van der Waals surface area (Å²) in [5, 5.41) is 0. The van der Waals surface area contributed by atoms with Gasteiger partial charge in [0, 0.05) is 12.0 Å². The molecule has 0 aliphatic heterocycles. The minimum Gasteiger partial charge on any atom is -0.497 e. The molecule has 0 saturated heterocycles. The number of methoxy groups -OCH3 is 1. The predicted octanol–water partition coefficient (Wildman–Crippen LogP) is 6.58. The maximum Gasteiger partial charge on any atom is 0.163 e. The normalized spacial score (nSPS) is 10.7. The third-order valence-corrected chi connectivity index (χ3v) is 4.40. The average molecular weight is 319 g/mol. The quantitative estimate of drug-likeness (QED) is 0.286. The molecule has 0 spiro atoms. The highest BCUT2D eigenvalue weighted by atomic mass is 16.5. The van der Waals surface area contributed by atoms with Gasteiger partial charge in [0.1, 0.15) is 5.75 Å². The number of ether oxygens (including phenoxy) is 1. The van der Waals surface area contributed by atoms with Gasteiger partial charge in [0.15, 0.2) is 5.78 Å². The summed E-state index contributed by atoms with van der Waals surface area (Å²) >= 11 is 0. The topological polar surface area (TPSA) is 26.3 Å². The monoisotopic (exact) mass is 318 g/mol. The highest BCUT2D eigenvalue weighted by Gasteiger charge is 2.06. The highest BCUT2D eigenvalue weighted by Crippen LogP contribution is 2.16. The number of hydrogen-bond acceptors (Lipinski definition) is 2. The van der Waals surface area contributed by atoms with Crippen LogP contribution in [0.25, 0.3) is 0 Å². The molecule has 0 fully saturated rings. The lowest BCUT2D eigenvalue weighted by molar-refractivity contribution is 0.0978. The molecular formula is C21H34O2. The zero-order chi connectivity index (χ0) is 16.8. The van der Waals surface area contributed by atoms with Crippen LogP contribution in [0, 0.1) is 0 Å². The van der Waals surface area contributed by atoms with E-state index in [-0.39, 0.29) is 5.78 Å². The third kappa shape index (κ3) is 9.43. The number of hydrogen-bond donors (Lipinski definition) is 0. The van der Waals surface area contributed by atoms with Crippen LogP contribution in [0.1, 0.15) is 94.3 Å². The molecule has 0 bridgehead atoms. The summed E-state index contributed by atoms with van der Waals surface area (Å²) in [6.07, 6.45) is 15.1. The van der Waals surface area contributed by atoms with Crippen LogP contribution in [0.5, 0.6) is 5.75 Å². The van der Waals surface area contributed by atoms with Crippen molar-refractivity contribution >= 4 is 5.78 Å². The van der Waals surface area contributed by atoms with Gasteiger partial charge in [0.05, 0.1) is 7.11 Å². The van der Waals surface area contributed by atoms with Gasteiger partial charge in [-0.15, -0.1) is 0 Å². The standard InChI is InChI=1S/C21H34O2/c1-3-4-5-6-7-8-9-10-11-12-13-17-21(22)19-15-14-16-20(18-19)23-2/h14-16,18H,3-13,17H2,1-2H3. The van der Waals surface area contributed by atoms with E-state index in [0.717, 1.165) is 17.7 Å². The number of Topliss-reactive ketones (excluding diaryl/α,β-unsaturated/α-hetero) is 1. The lowest BCUT2D eigenvalue weighted by Crippen LogP contribution is -1.99. The molecule has 2 heteroatoms. The Morgan fingerprint density at radius 1 is 0.870 bits per heavy atom. The van der Waals surface area contributed by atoms with E-state index in [4.69, 9.17) is 4.74 Å². The van der Waals surface area contributed by atoms with Gasteiger partial charge in [-0.05, 0) is 18.6 Å². The van der Waals surface area contributed by atoms with Crippen molar-refractivity contribution in [2.75, 3.05) is 7.11 Å². The van der Waals surface area contributed by atoms with Crippen molar-refractivity contribution in [3.8, 4) is 5.75 Å². The fourth-order valence-electron chi connectivity index (χ4n) is 2.89. The number of carbonyl (C=O) groups is 1. The molecule has 130 valence electrons. The van der Waals surface area contributed by atoms with Crippen LogP contribution in [-0.4, -0.2) is 12.9 Å². The summed E-state index contributed by atoms with van der Waals surface area (Å²) < 4.78 is 5.16. The highest BCUT2D eigenvalue weighted by molar-refractivity contribution is 5.96. The Kier molecular flexibility index (Phi) is 11.3. The van der Waals surface area contributed by atoms with Crippen molar-refractivity contribution in [2.45, 2.75) is 84.0 Å². The Labute approximate surface area is 142 Å². The van der Waals surface area contributed by atoms with Crippen LogP contribution in [-0.2, 0) is 0 Å². The van der Waals surface area contributed by atoms with E-state index in [1.165, 1.54) is 64.2 Å². The predicted molar refractivity (Wildman–Crippen MR) is 98.4 cm³/mol. The first kappa shape index (κ1) is 19.7. The van der Waals surface area contributed by atoms with Gasteiger partial charge < -0.3 is 4.74 Å². The van der Waals surface area contributed by atoms with Crippen LogP contribution in [0.4, 0.5) is 0 Å². The van der Waals surface area contributed by atoms with Crippen LogP contribution < -0.4 is 4.74 Å². The van der Waals surface area contributed by atoms with E-state index in [1.54, 1.807) is 7.11 Å². The first-order valence-corrected chi connectivity index (χ1v) is 9.45. The molecule has 2 nitrogen and oxygen atoms in total. The Balaban J connectivity index is 1.99. The molecule has 1 aromatic rings. The average Bonchev–Trinajstić information content (AvgIpc) is 2.59. The zero-order valence-corrected chi connectivity index (χ0v) is 15.1. The summed E-state index contributed by atoms with van der Waals surface area (Å²) in [4.78, 5) is 12.1. The van der Waals surface area contributed by atoms with E-state index in [0.29, 0.717) is 6.42 Å². The SMILES string of the molecule is CCCCCCCCCCCCCC(=O)c1cccc(OC)c1. The molecular weight excluding hydrogens is 284 g/mol. The molecule has 0 aromatic heterocycles. The smallest absolute Gasteiger partial charge is 0.163 e. The van der Waals surface area contributed by atoms with Crippen molar-refractivity contribution in [3.05, 3.63) is 29.8 Å². The van der Waals surface area contributed by atoms with Gasteiger partial charge in [-0.2, -0.15) is 0 Å². The van der Waals surface area contributed by atoms with Gasteiger partial charge in [-0.1, -0.05) is 83.3 Å². The molecule has 0 radical (unpaired) electrons. The summed E-state index contributed by atoms with van der Waals surface area (Å²) in [7, 11) is 1.63. The van der Waals surface area contributed by atoms with E-state index in [9.17, 15) is 4.79 Å². The van der Waals surface area contributed by atoms with Crippen molar-refractivity contribution in [2.24, 2.45) is 0 Å². The molecule has 0 aliphatic carbocycles. The van der Waals surface area contributed by atoms with E-state index < -0.39 is 0 Å². The van der Waals surface area contributed by atoms with Gasteiger partial charge in [0.25, 0.3) is 0 Å². The number of ketones is 1. The fraction of sp³-hybridized carbons (Fsp3) is 0.667. The number of carbonyl (C=O) groups excluding carboxylic acids is 1.